The first-order chi connectivity index (χ1) is 10.0. The molecule has 1 aromatic rings. The summed E-state index contributed by atoms with van der Waals surface area (Å²) in [5, 5.41) is 27.2. The smallest absolute Gasteiger partial charge is 0.312 e. The van der Waals surface area contributed by atoms with Crippen molar-refractivity contribution in [2.24, 2.45) is 5.41 Å². The summed E-state index contributed by atoms with van der Waals surface area (Å²) in [6.07, 6.45) is 0.129. The van der Waals surface area contributed by atoms with Gasteiger partial charge in [-0.2, -0.15) is 5.10 Å². The van der Waals surface area contributed by atoms with Crippen LogP contribution in [0.5, 0.6) is 0 Å². The van der Waals surface area contributed by atoms with Crippen molar-refractivity contribution < 1.29 is 14.8 Å². The van der Waals surface area contributed by atoms with Crippen LogP contribution in [0.1, 0.15) is 38.6 Å². The molecule has 22 heavy (non-hydrogen) atoms. The Labute approximate surface area is 129 Å². The molecule has 0 radical (unpaired) electrons. The van der Waals surface area contributed by atoms with Crippen LogP contribution < -0.4 is 5.32 Å². The summed E-state index contributed by atoms with van der Waals surface area (Å²) in [7, 11) is 0. The molecule has 0 bridgehead atoms. The Kier molecular flexibility index (Phi) is 5.65. The summed E-state index contributed by atoms with van der Waals surface area (Å²) < 4.78 is 1.34. The molecule has 0 aliphatic rings. The quantitative estimate of drug-likeness (QED) is 0.583. The zero-order valence-corrected chi connectivity index (χ0v) is 13.7. The molecule has 1 amide bonds. The molecule has 2 N–H and O–H groups in total. The summed E-state index contributed by atoms with van der Waals surface area (Å²) in [6.45, 7) is 9.08. The van der Waals surface area contributed by atoms with E-state index in [1.54, 1.807) is 20.8 Å². The number of nitro groups is 1. The van der Waals surface area contributed by atoms with Gasteiger partial charge in [-0.25, -0.2) is 0 Å². The fraction of sp³-hybridized carbons (Fsp3) is 0.714. The van der Waals surface area contributed by atoms with Crippen LogP contribution in [0, 0.1) is 29.4 Å². The molecule has 0 aliphatic heterocycles. The number of amides is 1. The predicted octanol–water partition coefficient (Wildman–Crippen LogP) is 1.32. The van der Waals surface area contributed by atoms with Crippen LogP contribution in [-0.2, 0) is 11.3 Å². The van der Waals surface area contributed by atoms with Gasteiger partial charge < -0.3 is 10.4 Å². The topological polar surface area (TPSA) is 110 Å². The van der Waals surface area contributed by atoms with Crippen LogP contribution in [0.4, 0.5) is 5.69 Å². The fourth-order valence-corrected chi connectivity index (χ4v) is 2.51. The van der Waals surface area contributed by atoms with Crippen molar-refractivity contribution in [2.45, 2.75) is 53.7 Å². The van der Waals surface area contributed by atoms with Crippen LogP contribution in [0.2, 0.25) is 0 Å². The zero-order valence-electron chi connectivity index (χ0n) is 13.7. The average molecular weight is 312 g/mol. The molecule has 8 nitrogen and oxygen atoms in total. The van der Waals surface area contributed by atoms with Gasteiger partial charge in [-0.3, -0.25) is 19.6 Å². The number of aliphatic hydroxyl groups is 1. The molecule has 0 saturated carbocycles. The number of rotatable bonds is 7. The Hall–Kier alpha value is -1.96. The van der Waals surface area contributed by atoms with E-state index in [0.717, 1.165) is 0 Å². The summed E-state index contributed by atoms with van der Waals surface area (Å²) in [6, 6.07) is 0. The fourth-order valence-electron chi connectivity index (χ4n) is 2.51. The summed E-state index contributed by atoms with van der Waals surface area (Å²) >= 11 is 0. The Morgan fingerprint density at radius 3 is 2.55 bits per heavy atom. The number of carbonyl (C=O) groups is 1. The second-order valence-electron chi connectivity index (χ2n) is 6.43. The number of aliphatic hydroxyl groups excluding tert-OH is 1. The van der Waals surface area contributed by atoms with E-state index >= 15 is 0 Å². The highest BCUT2D eigenvalue weighted by Gasteiger charge is 2.24. The highest BCUT2D eigenvalue weighted by atomic mass is 16.6. The van der Waals surface area contributed by atoms with Crippen molar-refractivity contribution >= 4 is 11.6 Å². The maximum Gasteiger partial charge on any atom is 0.312 e. The molecule has 0 spiro atoms. The normalized spacial score (nSPS) is 13.0. The van der Waals surface area contributed by atoms with Gasteiger partial charge in [-0.1, -0.05) is 13.8 Å². The first-order valence-electron chi connectivity index (χ1n) is 7.16. The minimum Gasteiger partial charge on any atom is -0.393 e. The van der Waals surface area contributed by atoms with E-state index in [0.29, 0.717) is 24.4 Å². The van der Waals surface area contributed by atoms with Crippen LogP contribution in [-0.4, -0.2) is 38.4 Å². The van der Waals surface area contributed by atoms with Gasteiger partial charge in [-0.15, -0.1) is 0 Å². The molecule has 0 aromatic carbocycles. The molecule has 8 heteroatoms. The maximum absolute atomic E-state index is 12.0. The van der Waals surface area contributed by atoms with Crippen molar-refractivity contribution in [1.82, 2.24) is 15.1 Å². The number of hydrogen-bond acceptors (Lipinski definition) is 5. The molecule has 0 saturated heterocycles. The maximum atomic E-state index is 12.0. The SMILES string of the molecule is Cc1nn(CC(=O)NCC(C)(C)CC(C)O)c(C)c1[N+](=O)[O-]. The Bertz CT molecular complexity index is 563. The molecule has 1 unspecified atom stereocenters. The summed E-state index contributed by atoms with van der Waals surface area (Å²) in [5.74, 6) is -0.265. The Morgan fingerprint density at radius 1 is 1.50 bits per heavy atom. The average Bonchev–Trinajstić information content (AvgIpc) is 2.60. The molecule has 1 aromatic heterocycles. The van der Waals surface area contributed by atoms with Gasteiger partial charge >= 0.3 is 5.69 Å². The van der Waals surface area contributed by atoms with Crippen molar-refractivity contribution in [2.75, 3.05) is 6.54 Å². The third-order valence-electron chi connectivity index (χ3n) is 3.43. The lowest BCUT2D eigenvalue weighted by Crippen LogP contribution is -2.37. The second-order valence-corrected chi connectivity index (χ2v) is 6.43. The van der Waals surface area contributed by atoms with Gasteiger partial charge in [0.05, 0.1) is 11.0 Å². The van der Waals surface area contributed by atoms with Crippen LogP contribution in [0.25, 0.3) is 0 Å². The largest absolute Gasteiger partial charge is 0.393 e. The van der Waals surface area contributed by atoms with E-state index in [1.165, 1.54) is 4.68 Å². The van der Waals surface area contributed by atoms with Crippen LogP contribution in [0.15, 0.2) is 0 Å². The van der Waals surface area contributed by atoms with Crippen molar-refractivity contribution in [3.63, 3.8) is 0 Å². The summed E-state index contributed by atoms with van der Waals surface area (Å²) in [5.41, 5.74) is 0.373. The number of aromatic nitrogens is 2. The minimum absolute atomic E-state index is 0.0535. The third kappa shape index (κ3) is 4.80. The van der Waals surface area contributed by atoms with Crippen molar-refractivity contribution in [3.05, 3.63) is 21.5 Å². The monoisotopic (exact) mass is 312 g/mol. The van der Waals surface area contributed by atoms with E-state index < -0.39 is 11.0 Å². The molecular formula is C14H24N4O4. The van der Waals surface area contributed by atoms with E-state index in [1.807, 2.05) is 13.8 Å². The second kappa shape index (κ2) is 6.87. The van der Waals surface area contributed by atoms with Crippen LogP contribution in [0.3, 0.4) is 0 Å². The van der Waals surface area contributed by atoms with Gasteiger partial charge in [-0.05, 0) is 32.6 Å². The van der Waals surface area contributed by atoms with Gasteiger partial charge in [0.2, 0.25) is 5.91 Å². The Balaban J connectivity index is 2.67. The molecule has 1 rings (SSSR count). The standard InChI is InChI=1S/C14H24N4O4/c1-9(19)6-14(4,5)8-15-12(20)7-17-11(3)13(18(21)22)10(2)16-17/h9,19H,6-8H2,1-5H3,(H,15,20). The van der Waals surface area contributed by atoms with Gasteiger partial charge in [0.15, 0.2) is 0 Å². The number of nitrogens with one attached hydrogen (secondary N) is 1. The molecule has 124 valence electrons. The first kappa shape index (κ1) is 18.1. The minimum atomic E-state index is -0.488. The molecular weight excluding hydrogens is 288 g/mol. The number of carbonyl (C=O) groups excluding carboxylic acids is 1. The lowest BCUT2D eigenvalue weighted by atomic mass is 9.87. The van der Waals surface area contributed by atoms with E-state index in [9.17, 15) is 20.0 Å². The van der Waals surface area contributed by atoms with Gasteiger partial charge in [0.1, 0.15) is 17.9 Å². The number of aryl methyl sites for hydroxylation is 1. The lowest BCUT2D eigenvalue weighted by Gasteiger charge is -2.26. The van der Waals surface area contributed by atoms with Gasteiger partial charge in [0.25, 0.3) is 0 Å². The number of hydrogen-bond donors (Lipinski definition) is 2. The first-order valence-corrected chi connectivity index (χ1v) is 7.16. The van der Waals surface area contributed by atoms with Crippen molar-refractivity contribution in [1.29, 1.82) is 0 Å². The predicted molar refractivity (Wildman–Crippen MR) is 81.4 cm³/mol. The molecule has 1 heterocycles. The molecule has 0 fully saturated rings. The van der Waals surface area contributed by atoms with Crippen molar-refractivity contribution in [3.8, 4) is 0 Å². The third-order valence-corrected chi connectivity index (χ3v) is 3.43. The van der Waals surface area contributed by atoms with Crippen LogP contribution >= 0.6 is 0 Å². The molecule has 0 aliphatic carbocycles. The van der Waals surface area contributed by atoms with E-state index in [2.05, 4.69) is 10.4 Å². The lowest BCUT2D eigenvalue weighted by molar-refractivity contribution is -0.386. The summed E-state index contributed by atoms with van der Waals surface area (Å²) in [4.78, 5) is 22.4. The van der Waals surface area contributed by atoms with E-state index in [4.69, 9.17) is 0 Å². The van der Waals surface area contributed by atoms with E-state index in [-0.39, 0.29) is 23.6 Å². The van der Waals surface area contributed by atoms with Gasteiger partial charge in [0, 0.05) is 6.54 Å². The zero-order chi connectivity index (χ0) is 17.1. The molecule has 1 atom stereocenters. The highest BCUT2D eigenvalue weighted by Crippen LogP contribution is 2.22. The Morgan fingerprint density at radius 2 is 2.09 bits per heavy atom. The number of nitrogens with zero attached hydrogens (tertiary/aromatic N) is 3. The highest BCUT2D eigenvalue weighted by molar-refractivity contribution is 5.75.